The summed E-state index contributed by atoms with van der Waals surface area (Å²) in [4.78, 5) is 16.8. The second-order valence-electron chi connectivity index (χ2n) is 6.66. The number of H-pyrrole nitrogens is 1. The van der Waals surface area contributed by atoms with Gasteiger partial charge in [-0.25, -0.2) is 8.42 Å². The molecule has 0 bridgehead atoms. The van der Waals surface area contributed by atoms with E-state index >= 15 is 0 Å². The lowest BCUT2D eigenvalue weighted by Crippen LogP contribution is -2.49. The monoisotopic (exact) mass is 362 g/mol. The maximum atomic E-state index is 13.0. The number of aromatic amines is 1. The van der Waals surface area contributed by atoms with E-state index in [1.54, 1.807) is 28.6 Å². The first kappa shape index (κ1) is 16.7. The van der Waals surface area contributed by atoms with Crippen molar-refractivity contribution in [3.05, 3.63) is 40.7 Å². The summed E-state index contributed by atoms with van der Waals surface area (Å²) in [5.74, 6) is 0. The maximum absolute atomic E-state index is 13.0. The van der Waals surface area contributed by atoms with Crippen molar-refractivity contribution in [2.75, 3.05) is 39.3 Å². The van der Waals surface area contributed by atoms with E-state index in [0.29, 0.717) is 24.6 Å². The van der Waals surface area contributed by atoms with Crippen LogP contribution in [0.2, 0.25) is 0 Å². The Labute approximate surface area is 146 Å². The molecule has 4 rings (SSSR count). The van der Waals surface area contributed by atoms with Crippen molar-refractivity contribution >= 4 is 20.9 Å². The van der Waals surface area contributed by atoms with Crippen molar-refractivity contribution in [2.45, 2.75) is 17.4 Å². The molecule has 0 saturated carbocycles. The van der Waals surface area contributed by atoms with E-state index < -0.39 is 10.0 Å². The van der Waals surface area contributed by atoms with Gasteiger partial charge in [0.15, 0.2) is 0 Å². The highest BCUT2D eigenvalue weighted by atomic mass is 32.2. The molecule has 2 aromatic rings. The van der Waals surface area contributed by atoms with Crippen LogP contribution in [0.1, 0.15) is 6.42 Å². The molecule has 2 fully saturated rings. The molecule has 0 radical (unpaired) electrons. The van der Waals surface area contributed by atoms with Gasteiger partial charge in [0.2, 0.25) is 15.6 Å². The fraction of sp³-hybridized carbons (Fsp3) is 0.471. The van der Waals surface area contributed by atoms with Crippen LogP contribution in [-0.2, 0) is 10.0 Å². The number of hydrogen-bond donors (Lipinski definition) is 2. The minimum absolute atomic E-state index is 0.193. The molecule has 2 saturated heterocycles. The zero-order valence-electron chi connectivity index (χ0n) is 13.9. The predicted molar refractivity (Wildman–Crippen MR) is 96.2 cm³/mol. The first-order valence-electron chi connectivity index (χ1n) is 8.62. The van der Waals surface area contributed by atoms with E-state index in [0.717, 1.165) is 38.0 Å². The third kappa shape index (κ3) is 3.22. The van der Waals surface area contributed by atoms with Gasteiger partial charge in [0.05, 0.1) is 4.90 Å². The topological polar surface area (TPSA) is 85.5 Å². The molecule has 3 heterocycles. The van der Waals surface area contributed by atoms with E-state index in [1.165, 1.54) is 6.07 Å². The number of rotatable bonds is 3. The molecular weight excluding hydrogens is 340 g/mol. The van der Waals surface area contributed by atoms with Crippen LogP contribution in [0.15, 0.2) is 40.0 Å². The minimum atomic E-state index is -3.51. The van der Waals surface area contributed by atoms with Crippen LogP contribution in [0, 0.1) is 0 Å². The van der Waals surface area contributed by atoms with Gasteiger partial charge in [0, 0.05) is 56.9 Å². The lowest BCUT2D eigenvalue weighted by molar-refractivity contribution is 0.179. The smallest absolute Gasteiger partial charge is 0.248 e. The van der Waals surface area contributed by atoms with Crippen molar-refractivity contribution < 1.29 is 8.42 Å². The number of hydrogen-bond acceptors (Lipinski definition) is 5. The molecular formula is C17H22N4O3S. The van der Waals surface area contributed by atoms with Gasteiger partial charge in [0.1, 0.15) is 0 Å². The van der Waals surface area contributed by atoms with Crippen molar-refractivity contribution in [3.8, 4) is 0 Å². The van der Waals surface area contributed by atoms with Gasteiger partial charge < -0.3 is 10.3 Å². The summed E-state index contributed by atoms with van der Waals surface area (Å²) in [7, 11) is -3.51. The van der Waals surface area contributed by atoms with Crippen molar-refractivity contribution in [2.24, 2.45) is 0 Å². The number of pyridine rings is 1. The fourth-order valence-electron chi connectivity index (χ4n) is 3.72. The number of benzene rings is 1. The average Bonchev–Trinajstić information content (AvgIpc) is 3.13. The molecule has 8 heteroatoms. The molecule has 7 nitrogen and oxygen atoms in total. The standard InChI is InChI=1S/C17H22N4O3S/c22-17-4-1-13-11-15(2-3-16(13)19-17)25(23,24)21-8-5-14(12-21)20-9-6-18-7-10-20/h1-4,11,14,18H,5-10,12H2,(H,19,22). The summed E-state index contributed by atoms with van der Waals surface area (Å²) < 4.78 is 27.6. The van der Waals surface area contributed by atoms with Crippen LogP contribution in [0.4, 0.5) is 0 Å². The molecule has 0 aliphatic carbocycles. The summed E-state index contributed by atoms with van der Waals surface area (Å²) in [6.07, 6.45) is 0.875. The van der Waals surface area contributed by atoms with Crippen LogP contribution in [0.25, 0.3) is 10.9 Å². The van der Waals surface area contributed by atoms with Crippen molar-refractivity contribution in [3.63, 3.8) is 0 Å². The van der Waals surface area contributed by atoms with Gasteiger partial charge in [-0.2, -0.15) is 4.31 Å². The van der Waals surface area contributed by atoms with Crippen LogP contribution in [0.3, 0.4) is 0 Å². The molecule has 25 heavy (non-hydrogen) atoms. The maximum Gasteiger partial charge on any atom is 0.248 e. The number of nitrogens with zero attached hydrogens (tertiary/aromatic N) is 2. The molecule has 1 unspecified atom stereocenters. The number of nitrogens with one attached hydrogen (secondary N) is 2. The molecule has 1 aromatic heterocycles. The first-order chi connectivity index (χ1) is 12.0. The van der Waals surface area contributed by atoms with Crippen LogP contribution < -0.4 is 10.9 Å². The predicted octanol–water partition coefficient (Wildman–Crippen LogP) is 0.196. The Bertz CT molecular complexity index is 934. The summed E-state index contributed by atoms with van der Waals surface area (Å²) >= 11 is 0. The zero-order valence-corrected chi connectivity index (χ0v) is 14.8. The third-order valence-electron chi connectivity index (χ3n) is 5.13. The Morgan fingerprint density at radius 1 is 1.04 bits per heavy atom. The highest BCUT2D eigenvalue weighted by Gasteiger charge is 2.35. The average molecular weight is 362 g/mol. The molecule has 2 aliphatic rings. The Balaban J connectivity index is 1.57. The molecule has 1 aromatic carbocycles. The number of fused-ring (bicyclic) bond motifs is 1. The normalized spacial score (nSPS) is 23.3. The molecule has 1 atom stereocenters. The van der Waals surface area contributed by atoms with E-state index in [4.69, 9.17) is 0 Å². The number of aromatic nitrogens is 1. The van der Waals surface area contributed by atoms with Crippen LogP contribution in [-0.4, -0.2) is 67.9 Å². The Hall–Kier alpha value is -1.74. The summed E-state index contributed by atoms with van der Waals surface area (Å²) in [6.45, 7) is 4.98. The SMILES string of the molecule is O=c1ccc2cc(S(=O)(=O)N3CCC(N4CCNCC4)C3)ccc2[nH]1. The van der Waals surface area contributed by atoms with Gasteiger partial charge >= 0.3 is 0 Å². The molecule has 2 N–H and O–H groups in total. The largest absolute Gasteiger partial charge is 0.322 e. The fourth-order valence-corrected chi connectivity index (χ4v) is 5.24. The lowest BCUT2D eigenvalue weighted by atomic mass is 10.2. The molecule has 0 amide bonds. The Morgan fingerprint density at radius 2 is 1.84 bits per heavy atom. The third-order valence-corrected chi connectivity index (χ3v) is 6.99. The quantitative estimate of drug-likeness (QED) is 0.815. The number of sulfonamides is 1. The Kier molecular flexibility index (Phi) is 4.36. The van der Waals surface area contributed by atoms with E-state index in [1.807, 2.05) is 0 Å². The molecule has 0 spiro atoms. The second kappa shape index (κ2) is 6.53. The van der Waals surface area contributed by atoms with Crippen LogP contribution in [0.5, 0.6) is 0 Å². The molecule has 2 aliphatic heterocycles. The second-order valence-corrected chi connectivity index (χ2v) is 8.60. The summed E-state index contributed by atoms with van der Waals surface area (Å²) in [6, 6.07) is 8.24. The molecule has 134 valence electrons. The zero-order chi connectivity index (χ0) is 17.4. The van der Waals surface area contributed by atoms with Gasteiger partial charge in [0.25, 0.3) is 0 Å². The van der Waals surface area contributed by atoms with Gasteiger partial charge in [-0.3, -0.25) is 9.69 Å². The summed E-state index contributed by atoms with van der Waals surface area (Å²) in [5, 5.41) is 4.05. The van der Waals surface area contributed by atoms with Gasteiger partial charge in [-0.15, -0.1) is 0 Å². The number of piperazine rings is 1. The van der Waals surface area contributed by atoms with Crippen molar-refractivity contribution in [1.82, 2.24) is 19.5 Å². The van der Waals surface area contributed by atoms with E-state index in [2.05, 4.69) is 15.2 Å². The van der Waals surface area contributed by atoms with Crippen LogP contribution >= 0.6 is 0 Å². The van der Waals surface area contributed by atoms with E-state index in [-0.39, 0.29) is 10.5 Å². The lowest BCUT2D eigenvalue weighted by Gasteiger charge is -2.32. The highest BCUT2D eigenvalue weighted by molar-refractivity contribution is 7.89. The Morgan fingerprint density at radius 3 is 2.64 bits per heavy atom. The van der Waals surface area contributed by atoms with Crippen molar-refractivity contribution in [1.29, 1.82) is 0 Å². The minimum Gasteiger partial charge on any atom is -0.322 e. The van der Waals surface area contributed by atoms with Gasteiger partial charge in [-0.1, -0.05) is 0 Å². The first-order valence-corrected chi connectivity index (χ1v) is 10.1. The van der Waals surface area contributed by atoms with Gasteiger partial charge in [-0.05, 0) is 36.1 Å². The highest BCUT2D eigenvalue weighted by Crippen LogP contribution is 2.25. The van der Waals surface area contributed by atoms with E-state index in [9.17, 15) is 13.2 Å². The summed E-state index contributed by atoms with van der Waals surface area (Å²) in [5.41, 5.74) is 0.452.